The molecule has 1 fully saturated rings. The third-order valence-corrected chi connectivity index (χ3v) is 6.80. The highest BCUT2D eigenvalue weighted by Crippen LogP contribution is 2.32. The van der Waals surface area contributed by atoms with Crippen molar-refractivity contribution in [3.63, 3.8) is 0 Å². The number of piperidine rings is 1. The first-order chi connectivity index (χ1) is 17.7. The first kappa shape index (κ1) is 26.8. The van der Waals surface area contributed by atoms with Gasteiger partial charge < -0.3 is 15.0 Å². The van der Waals surface area contributed by atoms with Crippen LogP contribution >= 0.6 is 0 Å². The second kappa shape index (κ2) is 11.0. The quantitative estimate of drug-likeness (QED) is 0.295. The standard InChI is InChI=1S/C29H36N6.C2H6/c1-6-7-20-14-21(26-19-35-13-12-30-27(35)18-32-26)8-10-24(20)25-11-9-22(17-31-25)33-23-15-28(2,3)34-29(4,5)16-23;1-2/h8-14,17-19,23,33-34H,6-7,15-16H2,1-5H3;1-2H3. The van der Waals surface area contributed by atoms with Crippen LogP contribution in [0.4, 0.5) is 5.69 Å². The highest BCUT2D eigenvalue weighted by molar-refractivity contribution is 5.71. The van der Waals surface area contributed by atoms with Gasteiger partial charge in [-0.15, -0.1) is 0 Å². The Hall–Kier alpha value is -3.25. The zero-order chi connectivity index (χ0) is 26.6. The van der Waals surface area contributed by atoms with Crippen LogP contribution in [-0.2, 0) is 6.42 Å². The van der Waals surface area contributed by atoms with Crippen molar-refractivity contribution < 1.29 is 0 Å². The van der Waals surface area contributed by atoms with Gasteiger partial charge in [0, 0.05) is 46.8 Å². The minimum atomic E-state index is 0.112. The molecule has 37 heavy (non-hydrogen) atoms. The van der Waals surface area contributed by atoms with Gasteiger partial charge in [-0.1, -0.05) is 39.3 Å². The maximum absolute atomic E-state index is 4.86. The van der Waals surface area contributed by atoms with Gasteiger partial charge in [-0.05, 0) is 70.7 Å². The summed E-state index contributed by atoms with van der Waals surface area (Å²) < 4.78 is 2.01. The predicted molar refractivity (Wildman–Crippen MR) is 155 cm³/mol. The maximum atomic E-state index is 4.86. The van der Waals surface area contributed by atoms with E-state index in [1.54, 1.807) is 6.20 Å². The summed E-state index contributed by atoms with van der Waals surface area (Å²) >= 11 is 0. The zero-order valence-corrected chi connectivity index (χ0v) is 23.5. The average molecular weight is 499 g/mol. The van der Waals surface area contributed by atoms with E-state index in [0.717, 1.165) is 54.0 Å². The summed E-state index contributed by atoms with van der Waals surface area (Å²) in [6.45, 7) is 15.4. The molecule has 0 saturated carbocycles. The van der Waals surface area contributed by atoms with Crippen molar-refractivity contribution in [3.8, 4) is 22.5 Å². The lowest BCUT2D eigenvalue weighted by Gasteiger charge is -2.46. The van der Waals surface area contributed by atoms with Gasteiger partial charge in [-0.3, -0.25) is 9.97 Å². The van der Waals surface area contributed by atoms with Crippen LogP contribution in [0.2, 0.25) is 0 Å². The number of pyridine rings is 1. The molecular formula is C31H42N6. The fraction of sp³-hybridized carbons (Fsp3) is 0.452. The molecule has 4 aromatic rings. The summed E-state index contributed by atoms with van der Waals surface area (Å²) in [6.07, 6.45) is 13.8. The van der Waals surface area contributed by atoms with E-state index in [1.807, 2.05) is 43.0 Å². The Kier molecular flexibility index (Phi) is 7.98. The molecule has 0 bridgehead atoms. The molecule has 1 aliphatic heterocycles. The molecular weight excluding hydrogens is 456 g/mol. The number of nitrogens with zero attached hydrogens (tertiary/aromatic N) is 4. The van der Waals surface area contributed by atoms with Crippen molar-refractivity contribution in [2.45, 2.75) is 91.3 Å². The highest BCUT2D eigenvalue weighted by Gasteiger charge is 2.37. The lowest BCUT2D eigenvalue weighted by atomic mass is 9.79. The minimum absolute atomic E-state index is 0.112. The lowest BCUT2D eigenvalue weighted by Crippen LogP contribution is -2.60. The lowest BCUT2D eigenvalue weighted by molar-refractivity contribution is 0.170. The van der Waals surface area contributed by atoms with E-state index in [0.29, 0.717) is 6.04 Å². The van der Waals surface area contributed by atoms with Crippen molar-refractivity contribution in [2.24, 2.45) is 0 Å². The third kappa shape index (κ3) is 6.37. The van der Waals surface area contributed by atoms with Gasteiger partial charge in [0.2, 0.25) is 0 Å². The van der Waals surface area contributed by atoms with E-state index in [4.69, 9.17) is 4.98 Å². The molecule has 1 aliphatic rings. The fourth-order valence-corrected chi connectivity index (χ4v) is 5.75. The molecule has 5 rings (SSSR count). The average Bonchev–Trinajstić information content (AvgIpc) is 3.32. The molecule has 1 saturated heterocycles. The van der Waals surface area contributed by atoms with Crippen LogP contribution in [0.1, 0.15) is 73.3 Å². The second-order valence-corrected chi connectivity index (χ2v) is 11.2. The van der Waals surface area contributed by atoms with Gasteiger partial charge in [-0.2, -0.15) is 0 Å². The summed E-state index contributed by atoms with van der Waals surface area (Å²) in [5, 5.41) is 7.49. The molecule has 1 aromatic carbocycles. The smallest absolute Gasteiger partial charge is 0.155 e. The van der Waals surface area contributed by atoms with E-state index in [9.17, 15) is 0 Å². The van der Waals surface area contributed by atoms with E-state index in [-0.39, 0.29) is 11.1 Å². The van der Waals surface area contributed by atoms with Gasteiger partial charge in [0.1, 0.15) is 0 Å². The number of benzene rings is 1. The number of anilines is 1. The first-order valence-corrected chi connectivity index (χ1v) is 13.7. The number of nitrogens with one attached hydrogen (secondary N) is 2. The molecule has 2 N–H and O–H groups in total. The molecule has 196 valence electrons. The Morgan fingerprint density at radius 2 is 1.68 bits per heavy atom. The van der Waals surface area contributed by atoms with Gasteiger partial charge >= 0.3 is 0 Å². The van der Waals surface area contributed by atoms with E-state index in [2.05, 4.69) is 85.6 Å². The van der Waals surface area contributed by atoms with Crippen LogP contribution in [0, 0.1) is 0 Å². The van der Waals surface area contributed by atoms with Crippen LogP contribution in [0.3, 0.4) is 0 Å². The van der Waals surface area contributed by atoms with Gasteiger partial charge in [0.15, 0.2) is 5.65 Å². The molecule has 3 aromatic heterocycles. The van der Waals surface area contributed by atoms with Crippen LogP contribution in [0.5, 0.6) is 0 Å². The second-order valence-electron chi connectivity index (χ2n) is 11.2. The monoisotopic (exact) mass is 498 g/mol. The Bertz CT molecular complexity index is 1300. The SMILES string of the molecule is CC.CCCc1cc(-c2cn3ccnc3cn2)ccc1-c1ccc(NC2CC(C)(C)NC(C)(C)C2)cn1. The Morgan fingerprint density at radius 1 is 0.946 bits per heavy atom. The normalized spacial score (nSPS) is 16.7. The molecule has 0 spiro atoms. The van der Waals surface area contributed by atoms with Crippen molar-refractivity contribution >= 4 is 11.3 Å². The molecule has 6 nitrogen and oxygen atoms in total. The summed E-state index contributed by atoms with van der Waals surface area (Å²) in [5.41, 5.74) is 7.72. The van der Waals surface area contributed by atoms with E-state index >= 15 is 0 Å². The van der Waals surface area contributed by atoms with Gasteiger partial charge in [0.05, 0.1) is 29.5 Å². The number of fused-ring (bicyclic) bond motifs is 1. The van der Waals surface area contributed by atoms with Crippen LogP contribution in [0.15, 0.2) is 61.3 Å². The van der Waals surface area contributed by atoms with Gasteiger partial charge in [-0.25, -0.2) is 4.98 Å². The third-order valence-electron chi connectivity index (χ3n) is 6.80. The molecule has 6 heteroatoms. The minimum Gasteiger partial charge on any atom is -0.381 e. The number of hydrogen-bond donors (Lipinski definition) is 2. The number of hydrogen-bond acceptors (Lipinski definition) is 5. The van der Waals surface area contributed by atoms with Crippen molar-refractivity contribution in [1.82, 2.24) is 24.7 Å². The van der Waals surface area contributed by atoms with Crippen molar-refractivity contribution in [3.05, 3.63) is 66.9 Å². The van der Waals surface area contributed by atoms with Gasteiger partial charge in [0.25, 0.3) is 0 Å². The summed E-state index contributed by atoms with van der Waals surface area (Å²) in [6, 6.07) is 11.3. The maximum Gasteiger partial charge on any atom is 0.155 e. The molecule has 4 heterocycles. The number of imidazole rings is 1. The molecule has 0 radical (unpaired) electrons. The van der Waals surface area contributed by atoms with Crippen LogP contribution in [-0.4, -0.2) is 36.5 Å². The summed E-state index contributed by atoms with van der Waals surface area (Å²) in [7, 11) is 0. The molecule has 0 aliphatic carbocycles. The largest absolute Gasteiger partial charge is 0.381 e. The topological polar surface area (TPSA) is 67.1 Å². The predicted octanol–water partition coefficient (Wildman–Crippen LogP) is 7.16. The fourth-order valence-electron chi connectivity index (χ4n) is 5.75. The van der Waals surface area contributed by atoms with E-state index < -0.39 is 0 Å². The molecule has 0 unspecified atom stereocenters. The van der Waals surface area contributed by atoms with Crippen LogP contribution < -0.4 is 10.6 Å². The number of rotatable bonds is 6. The van der Waals surface area contributed by atoms with Crippen LogP contribution in [0.25, 0.3) is 28.2 Å². The molecule has 0 amide bonds. The highest BCUT2D eigenvalue weighted by atomic mass is 15.1. The Balaban J connectivity index is 0.00000156. The van der Waals surface area contributed by atoms with Crippen molar-refractivity contribution in [1.29, 1.82) is 0 Å². The number of aryl methyl sites for hydroxylation is 1. The molecule has 0 atom stereocenters. The first-order valence-electron chi connectivity index (χ1n) is 13.7. The zero-order valence-electron chi connectivity index (χ0n) is 23.5. The summed E-state index contributed by atoms with van der Waals surface area (Å²) in [4.78, 5) is 13.8. The van der Waals surface area contributed by atoms with Crippen molar-refractivity contribution in [2.75, 3.05) is 5.32 Å². The summed E-state index contributed by atoms with van der Waals surface area (Å²) in [5.74, 6) is 0. The number of aromatic nitrogens is 4. The Labute approximate surface area is 222 Å². The Morgan fingerprint density at radius 3 is 2.35 bits per heavy atom. The van der Waals surface area contributed by atoms with E-state index in [1.165, 1.54) is 11.1 Å².